The van der Waals surface area contributed by atoms with E-state index in [1.165, 1.54) is 12.8 Å². The lowest BCUT2D eigenvalue weighted by molar-refractivity contribution is -0.128. The van der Waals surface area contributed by atoms with Crippen LogP contribution in [-0.4, -0.2) is 29.1 Å². The summed E-state index contributed by atoms with van der Waals surface area (Å²) in [6, 6.07) is 6.44. The van der Waals surface area contributed by atoms with Gasteiger partial charge in [-0.05, 0) is 50.5 Å². The molecule has 0 bridgehead atoms. The van der Waals surface area contributed by atoms with Crippen LogP contribution >= 0.6 is 11.8 Å². The van der Waals surface area contributed by atoms with Gasteiger partial charge in [0.05, 0.1) is 5.75 Å². The van der Waals surface area contributed by atoms with E-state index in [0.29, 0.717) is 11.8 Å². The van der Waals surface area contributed by atoms with E-state index in [4.69, 9.17) is 5.73 Å². The molecule has 1 aliphatic rings. The molecule has 0 radical (unpaired) electrons. The van der Waals surface area contributed by atoms with Gasteiger partial charge in [-0.1, -0.05) is 0 Å². The average molecular weight is 264 g/mol. The second kappa shape index (κ2) is 5.65. The fourth-order valence-electron chi connectivity index (χ4n) is 1.99. The van der Waals surface area contributed by atoms with E-state index in [2.05, 4.69) is 0 Å². The number of rotatable bonds is 5. The molecule has 0 atom stereocenters. The Kier molecular flexibility index (Phi) is 4.17. The highest BCUT2D eigenvalue weighted by Gasteiger charge is 2.30. The summed E-state index contributed by atoms with van der Waals surface area (Å²) < 4.78 is 0. The molecular formula is C14H20N2OS. The second-order valence-corrected chi connectivity index (χ2v) is 5.77. The number of nitrogens with two attached hydrogens (primary N) is 1. The topological polar surface area (TPSA) is 46.3 Å². The van der Waals surface area contributed by atoms with Crippen molar-refractivity contribution in [2.45, 2.75) is 37.6 Å². The summed E-state index contributed by atoms with van der Waals surface area (Å²) in [7, 11) is 0. The van der Waals surface area contributed by atoms with Crippen LogP contribution in [-0.2, 0) is 4.79 Å². The molecule has 1 aliphatic carbocycles. The first kappa shape index (κ1) is 13.3. The maximum absolute atomic E-state index is 12.1. The van der Waals surface area contributed by atoms with Crippen LogP contribution in [0.25, 0.3) is 0 Å². The maximum atomic E-state index is 12.1. The maximum Gasteiger partial charge on any atom is 0.233 e. The van der Waals surface area contributed by atoms with Crippen LogP contribution in [0.5, 0.6) is 0 Å². The van der Waals surface area contributed by atoms with Gasteiger partial charge in [0, 0.05) is 23.2 Å². The normalized spacial score (nSPS) is 14.6. The van der Waals surface area contributed by atoms with Gasteiger partial charge < -0.3 is 10.6 Å². The average Bonchev–Trinajstić information content (AvgIpc) is 3.16. The molecule has 0 heterocycles. The number of hydrogen-bond donors (Lipinski definition) is 1. The lowest BCUT2D eigenvalue weighted by Crippen LogP contribution is -2.34. The van der Waals surface area contributed by atoms with Gasteiger partial charge in [-0.15, -0.1) is 11.8 Å². The first-order valence-electron chi connectivity index (χ1n) is 6.40. The summed E-state index contributed by atoms with van der Waals surface area (Å²) >= 11 is 1.59. The van der Waals surface area contributed by atoms with Crippen LogP contribution in [0.15, 0.2) is 23.1 Å². The Morgan fingerprint density at radius 2 is 2.22 bits per heavy atom. The van der Waals surface area contributed by atoms with Gasteiger partial charge in [0.1, 0.15) is 0 Å². The number of nitrogens with zero attached hydrogens (tertiary/aromatic N) is 1. The number of benzene rings is 1. The standard InChI is InChI=1S/C14H20N2OS/c1-3-16(11-4-5-11)14(17)9-18-12-6-7-13(15)10(2)8-12/h6-8,11H,3-5,9,15H2,1-2H3. The van der Waals surface area contributed by atoms with Gasteiger partial charge in [0.25, 0.3) is 0 Å². The van der Waals surface area contributed by atoms with Crippen molar-refractivity contribution >= 4 is 23.4 Å². The molecule has 1 amide bonds. The highest BCUT2D eigenvalue weighted by molar-refractivity contribution is 8.00. The predicted molar refractivity (Wildman–Crippen MR) is 76.7 cm³/mol. The molecule has 4 heteroatoms. The first-order chi connectivity index (χ1) is 8.61. The van der Waals surface area contributed by atoms with E-state index in [1.807, 2.05) is 36.9 Å². The van der Waals surface area contributed by atoms with Gasteiger partial charge in [0.2, 0.25) is 5.91 Å². The third-order valence-electron chi connectivity index (χ3n) is 3.25. The van der Waals surface area contributed by atoms with Crippen LogP contribution in [0.3, 0.4) is 0 Å². The lowest BCUT2D eigenvalue weighted by Gasteiger charge is -2.20. The van der Waals surface area contributed by atoms with Crippen LogP contribution in [0.4, 0.5) is 5.69 Å². The molecule has 2 N–H and O–H groups in total. The number of aryl methyl sites for hydroxylation is 1. The summed E-state index contributed by atoms with van der Waals surface area (Å²) in [5, 5.41) is 0. The Balaban J connectivity index is 1.90. The minimum Gasteiger partial charge on any atom is -0.399 e. The Morgan fingerprint density at radius 1 is 1.50 bits per heavy atom. The molecule has 1 saturated carbocycles. The fraction of sp³-hybridized carbons (Fsp3) is 0.500. The van der Waals surface area contributed by atoms with Crippen molar-refractivity contribution in [3.63, 3.8) is 0 Å². The summed E-state index contributed by atoms with van der Waals surface area (Å²) in [6.45, 7) is 4.86. The van der Waals surface area contributed by atoms with Gasteiger partial charge in [-0.25, -0.2) is 0 Å². The van der Waals surface area contributed by atoms with Crippen molar-refractivity contribution in [3.8, 4) is 0 Å². The van der Waals surface area contributed by atoms with Crippen molar-refractivity contribution in [2.75, 3.05) is 18.0 Å². The molecule has 0 aromatic heterocycles. The van der Waals surface area contributed by atoms with Crippen molar-refractivity contribution in [1.82, 2.24) is 4.90 Å². The number of nitrogen functional groups attached to an aromatic ring is 1. The van der Waals surface area contributed by atoms with Crippen molar-refractivity contribution < 1.29 is 4.79 Å². The van der Waals surface area contributed by atoms with Crippen LogP contribution in [0.1, 0.15) is 25.3 Å². The quantitative estimate of drug-likeness (QED) is 0.657. The Labute approximate surface area is 113 Å². The molecule has 2 rings (SSSR count). The molecule has 18 heavy (non-hydrogen) atoms. The molecule has 0 aliphatic heterocycles. The lowest BCUT2D eigenvalue weighted by atomic mass is 10.2. The summed E-state index contributed by atoms with van der Waals surface area (Å²) in [6.07, 6.45) is 2.34. The third kappa shape index (κ3) is 3.19. The molecular weight excluding hydrogens is 244 g/mol. The largest absolute Gasteiger partial charge is 0.399 e. The van der Waals surface area contributed by atoms with Gasteiger partial charge in [-0.2, -0.15) is 0 Å². The number of hydrogen-bond acceptors (Lipinski definition) is 3. The summed E-state index contributed by atoms with van der Waals surface area (Å²) in [4.78, 5) is 15.2. The van der Waals surface area contributed by atoms with Crippen LogP contribution in [0.2, 0.25) is 0 Å². The van der Waals surface area contributed by atoms with Crippen LogP contribution in [0, 0.1) is 6.92 Å². The number of carbonyl (C=O) groups excluding carboxylic acids is 1. The van der Waals surface area contributed by atoms with Crippen molar-refractivity contribution in [1.29, 1.82) is 0 Å². The van der Waals surface area contributed by atoms with Gasteiger partial charge in [0.15, 0.2) is 0 Å². The minimum absolute atomic E-state index is 0.250. The summed E-state index contributed by atoms with van der Waals surface area (Å²) in [5.74, 6) is 0.771. The Hall–Kier alpha value is -1.16. The first-order valence-corrected chi connectivity index (χ1v) is 7.38. The Bertz CT molecular complexity index is 443. The highest BCUT2D eigenvalue weighted by Crippen LogP contribution is 2.28. The number of anilines is 1. The third-order valence-corrected chi connectivity index (χ3v) is 4.23. The second-order valence-electron chi connectivity index (χ2n) is 4.72. The number of amides is 1. The van der Waals surface area contributed by atoms with E-state index in [9.17, 15) is 4.79 Å². The molecule has 0 unspecified atom stereocenters. The SMILES string of the molecule is CCN(C(=O)CSc1ccc(N)c(C)c1)C1CC1. The van der Waals surface area contributed by atoms with E-state index in [1.54, 1.807) is 11.8 Å². The smallest absolute Gasteiger partial charge is 0.233 e. The zero-order valence-corrected chi connectivity index (χ0v) is 11.8. The summed E-state index contributed by atoms with van der Waals surface area (Å²) in [5.41, 5.74) is 7.65. The van der Waals surface area contributed by atoms with Crippen LogP contribution < -0.4 is 5.73 Å². The zero-order chi connectivity index (χ0) is 13.1. The fourth-order valence-corrected chi connectivity index (χ4v) is 2.87. The molecule has 0 spiro atoms. The molecule has 0 saturated heterocycles. The molecule has 1 fully saturated rings. The zero-order valence-electron chi connectivity index (χ0n) is 11.0. The van der Waals surface area contributed by atoms with E-state index in [-0.39, 0.29) is 5.91 Å². The molecule has 1 aromatic carbocycles. The number of thioether (sulfide) groups is 1. The Morgan fingerprint density at radius 3 is 2.78 bits per heavy atom. The highest BCUT2D eigenvalue weighted by atomic mass is 32.2. The molecule has 3 nitrogen and oxygen atoms in total. The molecule has 98 valence electrons. The van der Waals surface area contributed by atoms with E-state index < -0.39 is 0 Å². The molecule has 1 aromatic rings. The van der Waals surface area contributed by atoms with Crippen molar-refractivity contribution in [3.05, 3.63) is 23.8 Å². The number of carbonyl (C=O) groups is 1. The van der Waals surface area contributed by atoms with Crippen molar-refractivity contribution in [2.24, 2.45) is 0 Å². The minimum atomic E-state index is 0.250. The van der Waals surface area contributed by atoms with E-state index >= 15 is 0 Å². The van der Waals surface area contributed by atoms with E-state index in [0.717, 1.165) is 22.7 Å². The van der Waals surface area contributed by atoms with Gasteiger partial charge >= 0.3 is 0 Å². The van der Waals surface area contributed by atoms with Gasteiger partial charge in [-0.3, -0.25) is 4.79 Å². The predicted octanol–water partition coefficient (Wildman–Crippen LogP) is 2.68. The monoisotopic (exact) mass is 264 g/mol.